The molecule has 0 unspecified atom stereocenters. The van der Waals surface area contributed by atoms with Gasteiger partial charge in [0.05, 0.1) is 4.92 Å². The summed E-state index contributed by atoms with van der Waals surface area (Å²) in [6.45, 7) is 0.642. The number of hydrogen-bond donors (Lipinski definition) is 1. The molecule has 0 atom stereocenters. The van der Waals surface area contributed by atoms with Crippen LogP contribution >= 0.6 is 12.4 Å². The molecule has 1 aliphatic carbocycles. The Morgan fingerprint density at radius 2 is 1.95 bits per heavy atom. The maximum Gasteiger partial charge on any atom is 0.269 e. The highest BCUT2D eigenvalue weighted by Gasteiger charge is 2.33. The first-order valence-electron chi connectivity index (χ1n) is 6.63. The molecular formula is C14H21ClN2O2. The quantitative estimate of drug-likeness (QED) is 0.679. The Kier molecular flexibility index (Phi) is 5.76. The normalized spacial score (nSPS) is 17.5. The first-order valence-corrected chi connectivity index (χ1v) is 6.63. The molecule has 0 heterocycles. The van der Waals surface area contributed by atoms with Crippen molar-refractivity contribution >= 4 is 18.1 Å². The standard InChI is InChI=1S/C14H20N2O2.ClH/c15-10-9-14(7-2-1-3-8-14)12-5-4-6-13(11-12)16(17)18;/h4-6,11H,1-3,7-10,15H2;1H. The summed E-state index contributed by atoms with van der Waals surface area (Å²) in [5.41, 5.74) is 7.10. The molecule has 1 aliphatic rings. The molecule has 0 radical (unpaired) electrons. The molecule has 1 saturated carbocycles. The minimum Gasteiger partial charge on any atom is -0.330 e. The smallest absolute Gasteiger partial charge is 0.269 e. The lowest BCUT2D eigenvalue weighted by molar-refractivity contribution is -0.385. The monoisotopic (exact) mass is 284 g/mol. The largest absolute Gasteiger partial charge is 0.330 e. The first-order chi connectivity index (χ1) is 8.68. The van der Waals surface area contributed by atoms with Crippen molar-refractivity contribution < 1.29 is 4.92 Å². The van der Waals surface area contributed by atoms with E-state index in [0.29, 0.717) is 6.54 Å². The lowest BCUT2D eigenvalue weighted by Crippen LogP contribution is -2.31. The number of non-ortho nitro benzene ring substituents is 1. The highest BCUT2D eigenvalue weighted by Crippen LogP contribution is 2.42. The molecule has 0 bridgehead atoms. The van der Waals surface area contributed by atoms with Gasteiger partial charge in [-0.25, -0.2) is 0 Å². The summed E-state index contributed by atoms with van der Waals surface area (Å²) in [4.78, 5) is 10.6. The highest BCUT2D eigenvalue weighted by molar-refractivity contribution is 5.85. The number of nitro groups is 1. The van der Waals surface area contributed by atoms with Gasteiger partial charge in [-0.2, -0.15) is 0 Å². The second kappa shape index (κ2) is 6.87. The first kappa shape index (κ1) is 15.9. The van der Waals surface area contributed by atoms with Crippen LogP contribution in [0.4, 0.5) is 5.69 Å². The molecule has 19 heavy (non-hydrogen) atoms. The minimum atomic E-state index is -0.317. The summed E-state index contributed by atoms with van der Waals surface area (Å²) >= 11 is 0. The molecule has 0 saturated heterocycles. The van der Waals surface area contributed by atoms with E-state index >= 15 is 0 Å². The number of nitrogens with zero attached hydrogens (tertiary/aromatic N) is 1. The Bertz CT molecular complexity index is 426. The number of rotatable bonds is 4. The van der Waals surface area contributed by atoms with Crippen LogP contribution in [0.25, 0.3) is 0 Å². The van der Waals surface area contributed by atoms with Crippen molar-refractivity contribution in [3.05, 3.63) is 39.9 Å². The van der Waals surface area contributed by atoms with Gasteiger partial charge < -0.3 is 5.73 Å². The molecule has 2 N–H and O–H groups in total. The van der Waals surface area contributed by atoms with Crippen LogP contribution in [-0.2, 0) is 5.41 Å². The van der Waals surface area contributed by atoms with E-state index in [0.717, 1.165) is 24.8 Å². The second-order valence-corrected chi connectivity index (χ2v) is 5.19. The molecule has 0 spiro atoms. The molecule has 1 aromatic carbocycles. The predicted octanol–water partition coefficient (Wildman–Crippen LogP) is 3.57. The third-order valence-electron chi connectivity index (χ3n) is 4.10. The fourth-order valence-electron chi connectivity index (χ4n) is 3.14. The van der Waals surface area contributed by atoms with E-state index in [9.17, 15) is 10.1 Å². The average molecular weight is 285 g/mol. The number of hydrogen-bond acceptors (Lipinski definition) is 3. The molecule has 1 fully saturated rings. The predicted molar refractivity (Wildman–Crippen MR) is 78.8 cm³/mol. The van der Waals surface area contributed by atoms with Crippen molar-refractivity contribution in [1.29, 1.82) is 0 Å². The van der Waals surface area contributed by atoms with Gasteiger partial charge in [-0.1, -0.05) is 31.4 Å². The van der Waals surface area contributed by atoms with Gasteiger partial charge in [0, 0.05) is 12.1 Å². The zero-order valence-electron chi connectivity index (χ0n) is 11.0. The van der Waals surface area contributed by atoms with E-state index in [1.54, 1.807) is 18.2 Å². The highest BCUT2D eigenvalue weighted by atomic mass is 35.5. The molecule has 1 aromatic rings. The summed E-state index contributed by atoms with van der Waals surface area (Å²) in [6.07, 6.45) is 6.79. The minimum absolute atomic E-state index is 0. The number of halogens is 1. The molecule has 106 valence electrons. The van der Waals surface area contributed by atoms with E-state index in [1.807, 2.05) is 6.07 Å². The number of benzene rings is 1. The Morgan fingerprint density at radius 1 is 1.26 bits per heavy atom. The van der Waals surface area contributed by atoms with Crippen LogP contribution in [0.2, 0.25) is 0 Å². The second-order valence-electron chi connectivity index (χ2n) is 5.19. The van der Waals surface area contributed by atoms with Crippen molar-refractivity contribution in [2.45, 2.75) is 43.9 Å². The van der Waals surface area contributed by atoms with E-state index in [-0.39, 0.29) is 28.4 Å². The summed E-state index contributed by atoms with van der Waals surface area (Å²) in [5, 5.41) is 10.9. The molecular weight excluding hydrogens is 264 g/mol. The number of nitro benzene ring substituents is 1. The van der Waals surface area contributed by atoms with Gasteiger partial charge in [-0.15, -0.1) is 12.4 Å². The van der Waals surface area contributed by atoms with Crippen LogP contribution in [-0.4, -0.2) is 11.5 Å². The summed E-state index contributed by atoms with van der Waals surface area (Å²) in [5.74, 6) is 0. The van der Waals surface area contributed by atoms with Crippen molar-refractivity contribution in [3.8, 4) is 0 Å². The third kappa shape index (κ3) is 3.45. The van der Waals surface area contributed by atoms with Crippen molar-refractivity contribution in [3.63, 3.8) is 0 Å². The van der Waals surface area contributed by atoms with Gasteiger partial charge in [-0.3, -0.25) is 10.1 Å². The molecule has 0 aliphatic heterocycles. The van der Waals surface area contributed by atoms with Crippen LogP contribution in [0.3, 0.4) is 0 Å². The molecule has 0 aromatic heterocycles. The summed E-state index contributed by atoms with van der Waals surface area (Å²) in [7, 11) is 0. The van der Waals surface area contributed by atoms with Crippen molar-refractivity contribution in [2.24, 2.45) is 5.73 Å². The van der Waals surface area contributed by atoms with Gasteiger partial charge in [-0.05, 0) is 36.8 Å². The summed E-state index contributed by atoms with van der Waals surface area (Å²) < 4.78 is 0. The molecule has 5 heteroatoms. The Hall–Kier alpha value is -1.13. The fraction of sp³-hybridized carbons (Fsp3) is 0.571. The van der Waals surface area contributed by atoms with Gasteiger partial charge in [0.1, 0.15) is 0 Å². The van der Waals surface area contributed by atoms with Gasteiger partial charge >= 0.3 is 0 Å². The lowest BCUT2D eigenvalue weighted by Gasteiger charge is -2.37. The van der Waals surface area contributed by atoms with Gasteiger partial charge in [0.2, 0.25) is 0 Å². The van der Waals surface area contributed by atoms with Crippen molar-refractivity contribution in [2.75, 3.05) is 6.54 Å². The van der Waals surface area contributed by atoms with E-state index in [4.69, 9.17) is 5.73 Å². The zero-order valence-corrected chi connectivity index (χ0v) is 11.8. The van der Waals surface area contributed by atoms with Gasteiger partial charge in [0.25, 0.3) is 5.69 Å². The third-order valence-corrected chi connectivity index (χ3v) is 4.10. The maximum absolute atomic E-state index is 10.9. The van der Waals surface area contributed by atoms with Crippen LogP contribution in [0.1, 0.15) is 44.1 Å². The molecule has 0 amide bonds. The Labute approximate surface area is 119 Å². The van der Waals surface area contributed by atoms with Crippen LogP contribution in [0.5, 0.6) is 0 Å². The Morgan fingerprint density at radius 3 is 2.53 bits per heavy atom. The molecule has 4 nitrogen and oxygen atoms in total. The number of nitrogens with two attached hydrogens (primary N) is 1. The fourth-order valence-corrected chi connectivity index (χ4v) is 3.14. The summed E-state index contributed by atoms with van der Waals surface area (Å²) in [6, 6.07) is 7.11. The van der Waals surface area contributed by atoms with Gasteiger partial charge in [0.15, 0.2) is 0 Å². The van der Waals surface area contributed by atoms with Crippen molar-refractivity contribution in [1.82, 2.24) is 0 Å². The maximum atomic E-state index is 10.9. The van der Waals surface area contributed by atoms with Crippen LogP contribution in [0.15, 0.2) is 24.3 Å². The van der Waals surface area contributed by atoms with E-state index < -0.39 is 0 Å². The Balaban J connectivity index is 0.00000180. The SMILES string of the molecule is Cl.NCCC1(c2cccc([N+](=O)[O-])c2)CCCCC1. The van der Waals surface area contributed by atoms with Crippen LogP contribution in [0, 0.1) is 10.1 Å². The van der Waals surface area contributed by atoms with E-state index in [2.05, 4.69) is 0 Å². The lowest BCUT2D eigenvalue weighted by atomic mass is 9.67. The average Bonchev–Trinajstić information content (AvgIpc) is 2.40. The molecule has 2 rings (SSSR count). The zero-order chi connectivity index (χ0) is 13.0. The topological polar surface area (TPSA) is 69.2 Å². The van der Waals surface area contributed by atoms with E-state index in [1.165, 1.54) is 19.3 Å². The van der Waals surface area contributed by atoms with Crippen LogP contribution < -0.4 is 5.73 Å².